The van der Waals surface area contributed by atoms with Gasteiger partial charge in [0.25, 0.3) is 5.91 Å². The number of imidazole rings is 1. The van der Waals surface area contributed by atoms with Gasteiger partial charge in [0.1, 0.15) is 11.7 Å². The average Bonchev–Trinajstić information content (AvgIpc) is 3.09. The molecule has 2 aromatic rings. The molecule has 0 saturated carbocycles. The summed E-state index contributed by atoms with van der Waals surface area (Å²) in [7, 11) is 1.49. The van der Waals surface area contributed by atoms with E-state index in [0.717, 1.165) is 0 Å². The summed E-state index contributed by atoms with van der Waals surface area (Å²) in [5.74, 6) is -0.606. The lowest BCUT2D eigenvalue weighted by atomic mass is 10.0. The number of anilines is 1. The van der Waals surface area contributed by atoms with Gasteiger partial charge in [0.15, 0.2) is 5.13 Å². The summed E-state index contributed by atoms with van der Waals surface area (Å²) in [6, 6.07) is -0.712. The molecule has 23 heavy (non-hydrogen) atoms. The van der Waals surface area contributed by atoms with Gasteiger partial charge in [0, 0.05) is 24.8 Å². The summed E-state index contributed by atoms with van der Waals surface area (Å²) in [6.07, 6.45) is 3.38. The van der Waals surface area contributed by atoms with Gasteiger partial charge in [-0.05, 0) is 12.3 Å². The first-order chi connectivity index (χ1) is 10.9. The molecule has 0 aliphatic heterocycles. The Hall–Kier alpha value is -2.42. The van der Waals surface area contributed by atoms with E-state index in [2.05, 4.69) is 20.6 Å². The van der Waals surface area contributed by atoms with E-state index < -0.39 is 11.9 Å². The maximum absolute atomic E-state index is 12.4. The summed E-state index contributed by atoms with van der Waals surface area (Å²) in [6.45, 7) is 3.92. The smallest absolute Gasteiger partial charge is 0.325 e. The second-order valence-electron chi connectivity index (χ2n) is 5.52. The zero-order valence-electron chi connectivity index (χ0n) is 13.1. The number of thiazole rings is 1. The fraction of sp³-hybridized carbons (Fsp3) is 0.429. The van der Waals surface area contributed by atoms with Crippen molar-refractivity contribution >= 4 is 28.3 Å². The largest absolute Gasteiger partial charge is 0.339 e. The highest BCUT2D eigenvalue weighted by Crippen LogP contribution is 2.13. The number of carbonyl (C=O) groups is 2. The van der Waals surface area contributed by atoms with Crippen molar-refractivity contribution in [2.75, 3.05) is 5.32 Å². The van der Waals surface area contributed by atoms with Crippen LogP contribution in [0, 0.1) is 5.92 Å². The van der Waals surface area contributed by atoms with Crippen molar-refractivity contribution in [3.8, 4) is 0 Å². The summed E-state index contributed by atoms with van der Waals surface area (Å²) in [5, 5.41) is 7.59. The second kappa shape index (κ2) is 7.23. The van der Waals surface area contributed by atoms with Gasteiger partial charge >= 0.3 is 5.69 Å². The van der Waals surface area contributed by atoms with Gasteiger partial charge in [-0.2, -0.15) is 0 Å². The number of aromatic amines is 1. The van der Waals surface area contributed by atoms with E-state index in [0.29, 0.717) is 11.6 Å². The molecule has 1 unspecified atom stereocenters. The Labute approximate surface area is 136 Å². The number of aromatic nitrogens is 3. The molecule has 2 heterocycles. The number of nitrogens with one attached hydrogen (secondary N) is 3. The highest BCUT2D eigenvalue weighted by Gasteiger charge is 2.24. The fourth-order valence-electron chi connectivity index (χ4n) is 2.06. The van der Waals surface area contributed by atoms with Crippen LogP contribution in [0.15, 0.2) is 22.6 Å². The lowest BCUT2D eigenvalue weighted by Gasteiger charge is -2.19. The minimum atomic E-state index is -0.712. The maximum atomic E-state index is 12.4. The van der Waals surface area contributed by atoms with Crippen LogP contribution in [0.25, 0.3) is 0 Å². The fourth-order valence-corrected chi connectivity index (χ4v) is 2.60. The zero-order chi connectivity index (χ0) is 17.0. The SMILES string of the molecule is CC(C)CC(NC(=O)c1c[nH]c(=O)n1C)C(=O)Nc1nccs1. The Morgan fingerprint density at radius 1 is 1.43 bits per heavy atom. The average molecular weight is 337 g/mol. The van der Waals surface area contributed by atoms with E-state index >= 15 is 0 Å². The van der Waals surface area contributed by atoms with Crippen molar-refractivity contribution in [1.82, 2.24) is 19.9 Å². The number of hydrogen-bond acceptors (Lipinski definition) is 5. The predicted molar refractivity (Wildman–Crippen MR) is 87.5 cm³/mol. The van der Waals surface area contributed by atoms with Crippen LogP contribution in [0.3, 0.4) is 0 Å². The van der Waals surface area contributed by atoms with Crippen LogP contribution in [0.2, 0.25) is 0 Å². The van der Waals surface area contributed by atoms with Gasteiger partial charge < -0.3 is 15.6 Å². The highest BCUT2D eigenvalue weighted by molar-refractivity contribution is 7.13. The number of carbonyl (C=O) groups excluding carboxylic acids is 2. The number of amides is 2. The number of rotatable bonds is 6. The van der Waals surface area contributed by atoms with E-state index in [1.54, 1.807) is 11.6 Å². The van der Waals surface area contributed by atoms with Crippen LogP contribution in [0.4, 0.5) is 5.13 Å². The molecule has 0 saturated heterocycles. The lowest BCUT2D eigenvalue weighted by Crippen LogP contribution is -2.45. The van der Waals surface area contributed by atoms with Gasteiger partial charge in [-0.15, -0.1) is 11.3 Å². The molecule has 2 amide bonds. The van der Waals surface area contributed by atoms with Crippen molar-refractivity contribution < 1.29 is 9.59 Å². The van der Waals surface area contributed by atoms with Crippen molar-refractivity contribution in [2.24, 2.45) is 13.0 Å². The van der Waals surface area contributed by atoms with E-state index in [1.807, 2.05) is 13.8 Å². The molecule has 0 aliphatic carbocycles. The molecule has 124 valence electrons. The number of nitrogens with zero attached hydrogens (tertiary/aromatic N) is 2. The van der Waals surface area contributed by atoms with Gasteiger partial charge in [0.2, 0.25) is 5.91 Å². The molecule has 2 aromatic heterocycles. The van der Waals surface area contributed by atoms with Gasteiger partial charge in [-0.1, -0.05) is 13.8 Å². The minimum absolute atomic E-state index is 0.172. The Morgan fingerprint density at radius 3 is 2.70 bits per heavy atom. The first-order valence-corrected chi connectivity index (χ1v) is 8.02. The van der Waals surface area contributed by atoms with Gasteiger partial charge in [-0.3, -0.25) is 14.2 Å². The molecular formula is C14H19N5O3S. The predicted octanol–water partition coefficient (Wildman–Crippen LogP) is 0.953. The van der Waals surface area contributed by atoms with Crippen LogP contribution in [-0.4, -0.2) is 32.4 Å². The van der Waals surface area contributed by atoms with Crippen LogP contribution in [0.5, 0.6) is 0 Å². The lowest BCUT2D eigenvalue weighted by molar-refractivity contribution is -0.118. The van der Waals surface area contributed by atoms with Crippen molar-refractivity contribution in [3.05, 3.63) is 34.0 Å². The Bertz CT molecular complexity index is 732. The molecule has 1 atom stereocenters. The third-order valence-electron chi connectivity index (χ3n) is 3.22. The third kappa shape index (κ3) is 4.28. The molecule has 0 bridgehead atoms. The summed E-state index contributed by atoms with van der Waals surface area (Å²) >= 11 is 1.30. The molecule has 0 spiro atoms. The molecule has 2 rings (SSSR count). The summed E-state index contributed by atoms with van der Waals surface area (Å²) in [5.41, 5.74) is -0.214. The topological polar surface area (TPSA) is 109 Å². The van der Waals surface area contributed by atoms with E-state index in [9.17, 15) is 14.4 Å². The third-order valence-corrected chi connectivity index (χ3v) is 3.91. The molecule has 9 heteroatoms. The standard InChI is InChI=1S/C14H19N5O3S/c1-8(2)6-9(11(20)18-13-15-4-5-23-13)17-12(21)10-7-16-14(22)19(10)3/h4-5,7-9H,6H2,1-3H3,(H,16,22)(H,17,21)(H,15,18,20). The number of hydrogen-bond donors (Lipinski definition) is 3. The first kappa shape index (κ1) is 16.9. The van der Waals surface area contributed by atoms with E-state index in [-0.39, 0.29) is 23.2 Å². The maximum Gasteiger partial charge on any atom is 0.325 e. The van der Waals surface area contributed by atoms with E-state index in [1.165, 1.54) is 29.1 Å². The van der Waals surface area contributed by atoms with Crippen LogP contribution in [-0.2, 0) is 11.8 Å². The molecule has 0 aliphatic rings. The first-order valence-electron chi connectivity index (χ1n) is 7.14. The quantitative estimate of drug-likeness (QED) is 0.729. The second-order valence-corrected chi connectivity index (χ2v) is 6.41. The van der Waals surface area contributed by atoms with Crippen molar-refractivity contribution in [3.63, 3.8) is 0 Å². The molecule has 0 fully saturated rings. The molecular weight excluding hydrogens is 318 g/mol. The van der Waals surface area contributed by atoms with Gasteiger partial charge in [-0.25, -0.2) is 9.78 Å². The minimum Gasteiger partial charge on any atom is -0.339 e. The van der Waals surface area contributed by atoms with Gasteiger partial charge in [0.05, 0.1) is 0 Å². The van der Waals surface area contributed by atoms with E-state index in [4.69, 9.17) is 0 Å². The molecule has 3 N–H and O–H groups in total. The highest BCUT2D eigenvalue weighted by atomic mass is 32.1. The zero-order valence-corrected chi connectivity index (χ0v) is 13.9. The molecule has 0 radical (unpaired) electrons. The molecule has 8 nitrogen and oxygen atoms in total. The van der Waals surface area contributed by atoms with Crippen LogP contribution < -0.4 is 16.3 Å². The Morgan fingerprint density at radius 2 is 2.17 bits per heavy atom. The van der Waals surface area contributed by atoms with Crippen molar-refractivity contribution in [2.45, 2.75) is 26.3 Å². The van der Waals surface area contributed by atoms with Crippen LogP contribution >= 0.6 is 11.3 Å². The number of H-pyrrole nitrogens is 1. The Balaban J connectivity index is 2.11. The summed E-state index contributed by atoms with van der Waals surface area (Å²) < 4.78 is 1.19. The summed E-state index contributed by atoms with van der Waals surface area (Å²) in [4.78, 5) is 42.5. The molecule has 0 aromatic carbocycles. The van der Waals surface area contributed by atoms with Crippen molar-refractivity contribution in [1.29, 1.82) is 0 Å². The monoisotopic (exact) mass is 337 g/mol. The van der Waals surface area contributed by atoms with Crippen LogP contribution in [0.1, 0.15) is 30.8 Å². The Kier molecular flexibility index (Phi) is 5.32. The normalized spacial score (nSPS) is 12.2.